The third-order valence-electron chi connectivity index (χ3n) is 2.04. The fourth-order valence-electron chi connectivity index (χ4n) is 1.04. The molecule has 90 valence electrons. The second-order valence-electron chi connectivity index (χ2n) is 4.33. The van der Waals surface area contributed by atoms with Crippen molar-refractivity contribution >= 4 is 17.4 Å². The quantitative estimate of drug-likeness (QED) is 0.780. The van der Waals surface area contributed by atoms with Crippen LogP contribution in [0.25, 0.3) is 0 Å². The van der Waals surface area contributed by atoms with E-state index in [0.29, 0.717) is 18.4 Å². The fraction of sp³-hybridized carbons (Fsp3) is 0.636. The van der Waals surface area contributed by atoms with Gasteiger partial charge in [-0.3, -0.25) is 0 Å². The van der Waals surface area contributed by atoms with Crippen molar-refractivity contribution in [1.29, 1.82) is 0 Å². The molecule has 0 aromatic carbocycles. The highest BCUT2D eigenvalue weighted by Gasteiger charge is 2.16. The predicted octanol–water partition coefficient (Wildman–Crippen LogP) is 2.55. The van der Waals surface area contributed by atoms with E-state index in [4.69, 9.17) is 16.3 Å². The second kappa shape index (κ2) is 5.89. The van der Waals surface area contributed by atoms with Gasteiger partial charge in [-0.25, -0.2) is 9.97 Å². The van der Waals surface area contributed by atoms with Crippen LogP contribution in [0.4, 0.5) is 5.82 Å². The number of alkyl halides is 1. The lowest BCUT2D eigenvalue weighted by molar-refractivity contribution is 0.326. The van der Waals surface area contributed by atoms with Crippen LogP contribution in [0.3, 0.4) is 0 Å². The molecule has 16 heavy (non-hydrogen) atoms. The van der Waals surface area contributed by atoms with E-state index in [9.17, 15) is 0 Å². The summed E-state index contributed by atoms with van der Waals surface area (Å²) in [4.78, 5) is 8.11. The second-order valence-corrected chi connectivity index (χ2v) is 4.59. The fourth-order valence-corrected chi connectivity index (χ4v) is 1.13. The SMILES string of the molecule is CCOc1cc(NCC(C)(C)CCl)ncn1. The van der Waals surface area contributed by atoms with Gasteiger partial charge in [0.2, 0.25) is 5.88 Å². The van der Waals surface area contributed by atoms with Gasteiger partial charge in [-0.2, -0.15) is 0 Å². The van der Waals surface area contributed by atoms with Crippen molar-refractivity contribution in [3.8, 4) is 5.88 Å². The number of nitrogens with zero attached hydrogens (tertiary/aromatic N) is 2. The van der Waals surface area contributed by atoms with Crippen molar-refractivity contribution in [3.05, 3.63) is 12.4 Å². The van der Waals surface area contributed by atoms with E-state index in [1.54, 1.807) is 6.07 Å². The molecule has 1 N–H and O–H groups in total. The Morgan fingerprint density at radius 2 is 2.19 bits per heavy atom. The highest BCUT2D eigenvalue weighted by molar-refractivity contribution is 6.18. The molecular weight excluding hydrogens is 226 g/mol. The zero-order valence-corrected chi connectivity index (χ0v) is 10.7. The lowest BCUT2D eigenvalue weighted by Gasteiger charge is -2.21. The topological polar surface area (TPSA) is 47.0 Å². The van der Waals surface area contributed by atoms with Crippen LogP contribution < -0.4 is 10.1 Å². The summed E-state index contributed by atoms with van der Waals surface area (Å²) < 4.78 is 5.29. The number of rotatable bonds is 6. The van der Waals surface area contributed by atoms with Crippen LogP contribution >= 0.6 is 11.6 Å². The number of nitrogens with one attached hydrogen (secondary N) is 1. The molecule has 0 radical (unpaired) electrons. The Hall–Kier alpha value is -1.03. The van der Waals surface area contributed by atoms with Gasteiger partial charge in [0, 0.05) is 18.5 Å². The molecule has 0 spiro atoms. The van der Waals surface area contributed by atoms with Crippen molar-refractivity contribution in [2.45, 2.75) is 20.8 Å². The Morgan fingerprint density at radius 1 is 1.44 bits per heavy atom. The van der Waals surface area contributed by atoms with E-state index in [1.807, 2.05) is 6.92 Å². The molecule has 0 amide bonds. The van der Waals surface area contributed by atoms with Gasteiger partial charge in [-0.05, 0) is 12.3 Å². The molecular formula is C11H18ClN3O. The first kappa shape index (κ1) is 13.0. The van der Waals surface area contributed by atoms with Crippen LogP contribution in [0.2, 0.25) is 0 Å². The first-order chi connectivity index (χ1) is 7.57. The normalized spacial score (nSPS) is 11.2. The lowest BCUT2D eigenvalue weighted by atomic mass is 9.97. The molecule has 0 bridgehead atoms. The molecule has 5 heteroatoms. The first-order valence-corrected chi connectivity index (χ1v) is 5.85. The molecule has 0 fully saturated rings. The standard InChI is InChI=1S/C11H18ClN3O/c1-4-16-10-5-9(14-8-15-10)13-7-11(2,3)6-12/h5,8H,4,6-7H2,1-3H3,(H,13,14,15). The molecule has 0 saturated heterocycles. The van der Waals surface area contributed by atoms with Gasteiger partial charge in [0.1, 0.15) is 12.1 Å². The third kappa shape index (κ3) is 4.23. The summed E-state index contributed by atoms with van der Waals surface area (Å²) in [6, 6.07) is 1.79. The van der Waals surface area contributed by atoms with Crippen LogP contribution in [0.1, 0.15) is 20.8 Å². The van der Waals surface area contributed by atoms with Gasteiger partial charge in [-0.15, -0.1) is 11.6 Å². The van der Waals surface area contributed by atoms with E-state index in [2.05, 4.69) is 29.1 Å². The molecule has 0 unspecified atom stereocenters. The number of ether oxygens (including phenoxy) is 1. The van der Waals surface area contributed by atoms with E-state index in [-0.39, 0.29) is 5.41 Å². The molecule has 0 atom stereocenters. The molecule has 0 aliphatic rings. The van der Waals surface area contributed by atoms with E-state index >= 15 is 0 Å². The molecule has 1 heterocycles. The average Bonchev–Trinajstić information content (AvgIpc) is 2.28. The Balaban J connectivity index is 2.57. The van der Waals surface area contributed by atoms with Crippen LogP contribution in [-0.4, -0.2) is 29.0 Å². The molecule has 0 saturated carbocycles. The molecule has 1 aromatic heterocycles. The van der Waals surface area contributed by atoms with Crippen LogP contribution in [-0.2, 0) is 0 Å². The van der Waals surface area contributed by atoms with Crippen molar-refractivity contribution < 1.29 is 4.74 Å². The van der Waals surface area contributed by atoms with Gasteiger partial charge in [0.15, 0.2) is 0 Å². The smallest absolute Gasteiger partial charge is 0.218 e. The number of anilines is 1. The lowest BCUT2D eigenvalue weighted by Crippen LogP contribution is -2.25. The van der Waals surface area contributed by atoms with Gasteiger partial charge in [0.05, 0.1) is 6.61 Å². The number of halogens is 1. The first-order valence-electron chi connectivity index (χ1n) is 5.32. The van der Waals surface area contributed by atoms with E-state index in [1.165, 1.54) is 6.33 Å². The molecule has 0 aliphatic heterocycles. The van der Waals surface area contributed by atoms with Crippen LogP contribution in [0.15, 0.2) is 12.4 Å². The summed E-state index contributed by atoms with van der Waals surface area (Å²) in [5.74, 6) is 1.95. The maximum atomic E-state index is 5.84. The Kier molecular flexibility index (Phi) is 4.80. The molecule has 0 aliphatic carbocycles. The van der Waals surface area contributed by atoms with Crippen molar-refractivity contribution in [1.82, 2.24) is 9.97 Å². The van der Waals surface area contributed by atoms with Crippen LogP contribution in [0.5, 0.6) is 5.88 Å². The van der Waals surface area contributed by atoms with E-state index < -0.39 is 0 Å². The molecule has 4 nitrogen and oxygen atoms in total. The number of hydrogen-bond donors (Lipinski definition) is 1. The van der Waals surface area contributed by atoms with Gasteiger partial charge in [-0.1, -0.05) is 13.8 Å². The van der Waals surface area contributed by atoms with Crippen molar-refractivity contribution in [2.75, 3.05) is 24.3 Å². The van der Waals surface area contributed by atoms with Crippen molar-refractivity contribution in [2.24, 2.45) is 5.41 Å². The summed E-state index contributed by atoms with van der Waals surface area (Å²) in [5.41, 5.74) is 0.0400. The maximum absolute atomic E-state index is 5.84. The minimum Gasteiger partial charge on any atom is -0.478 e. The summed E-state index contributed by atoms with van der Waals surface area (Å²) >= 11 is 5.84. The Labute approximate surface area is 101 Å². The molecule has 1 aromatic rings. The molecule has 1 rings (SSSR count). The number of hydrogen-bond acceptors (Lipinski definition) is 4. The van der Waals surface area contributed by atoms with Crippen LogP contribution in [0, 0.1) is 5.41 Å². The van der Waals surface area contributed by atoms with E-state index in [0.717, 1.165) is 12.4 Å². The summed E-state index contributed by atoms with van der Waals surface area (Å²) in [7, 11) is 0. The van der Waals surface area contributed by atoms with Gasteiger partial charge < -0.3 is 10.1 Å². The van der Waals surface area contributed by atoms with Gasteiger partial charge in [0.25, 0.3) is 0 Å². The van der Waals surface area contributed by atoms with Gasteiger partial charge >= 0.3 is 0 Å². The largest absolute Gasteiger partial charge is 0.478 e. The zero-order chi connectivity index (χ0) is 12.0. The highest BCUT2D eigenvalue weighted by Crippen LogP contribution is 2.18. The predicted molar refractivity (Wildman–Crippen MR) is 66.2 cm³/mol. The number of aromatic nitrogens is 2. The summed E-state index contributed by atoms with van der Waals surface area (Å²) in [6.45, 7) is 7.48. The summed E-state index contributed by atoms with van der Waals surface area (Å²) in [6.07, 6.45) is 1.49. The minimum absolute atomic E-state index is 0.0400. The Morgan fingerprint density at radius 3 is 2.81 bits per heavy atom. The third-order valence-corrected chi connectivity index (χ3v) is 2.77. The Bertz CT molecular complexity index is 331. The highest BCUT2D eigenvalue weighted by atomic mass is 35.5. The van der Waals surface area contributed by atoms with Crippen molar-refractivity contribution in [3.63, 3.8) is 0 Å². The average molecular weight is 244 g/mol. The summed E-state index contributed by atoms with van der Waals surface area (Å²) in [5, 5.41) is 3.22. The minimum atomic E-state index is 0.0400. The zero-order valence-electron chi connectivity index (χ0n) is 9.96. The maximum Gasteiger partial charge on any atom is 0.218 e. The monoisotopic (exact) mass is 243 g/mol.